The zero-order valence-corrected chi connectivity index (χ0v) is 13.9. The molecule has 0 radical (unpaired) electrons. The van der Waals surface area contributed by atoms with Gasteiger partial charge in [0.15, 0.2) is 0 Å². The highest BCUT2D eigenvalue weighted by Gasteiger charge is 2.17. The Morgan fingerprint density at radius 1 is 1.22 bits per heavy atom. The quantitative estimate of drug-likeness (QED) is 0.734. The summed E-state index contributed by atoms with van der Waals surface area (Å²) in [5.41, 5.74) is -0.117. The van der Waals surface area contributed by atoms with Gasteiger partial charge in [0.2, 0.25) is 0 Å². The van der Waals surface area contributed by atoms with Crippen LogP contribution in [0.1, 0.15) is 43.5 Å². The Hall–Kier alpha value is -2.30. The SMILES string of the molecule is CCCCN(C)C(=O)c1cc2ccc(OCCC)cc2oc1=O. The van der Waals surface area contributed by atoms with Gasteiger partial charge in [-0.2, -0.15) is 0 Å². The van der Waals surface area contributed by atoms with Crippen molar-refractivity contribution in [1.82, 2.24) is 4.90 Å². The first-order valence-corrected chi connectivity index (χ1v) is 8.03. The fourth-order valence-corrected chi connectivity index (χ4v) is 2.25. The third kappa shape index (κ3) is 4.12. The van der Waals surface area contributed by atoms with Crippen molar-refractivity contribution < 1.29 is 13.9 Å². The van der Waals surface area contributed by atoms with E-state index < -0.39 is 5.63 Å². The van der Waals surface area contributed by atoms with Crippen LogP contribution >= 0.6 is 0 Å². The molecule has 0 aliphatic heterocycles. The number of fused-ring (bicyclic) bond motifs is 1. The molecule has 2 aromatic rings. The molecule has 0 saturated heterocycles. The van der Waals surface area contributed by atoms with Gasteiger partial charge in [-0.1, -0.05) is 20.3 Å². The molecule has 0 spiro atoms. The van der Waals surface area contributed by atoms with E-state index in [9.17, 15) is 9.59 Å². The Balaban J connectivity index is 2.31. The maximum Gasteiger partial charge on any atom is 0.349 e. The number of nitrogens with zero attached hydrogens (tertiary/aromatic N) is 1. The number of unbranched alkanes of at least 4 members (excludes halogenated alkanes) is 1. The molecule has 0 N–H and O–H groups in total. The van der Waals surface area contributed by atoms with Crippen molar-refractivity contribution in [1.29, 1.82) is 0 Å². The molecule has 2 rings (SSSR count). The number of hydrogen-bond donors (Lipinski definition) is 0. The van der Waals surface area contributed by atoms with E-state index in [0.717, 1.165) is 19.3 Å². The molecule has 0 saturated carbocycles. The highest BCUT2D eigenvalue weighted by Crippen LogP contribution is 2.21. The van der Waals surface area contributed by atoms with Crippen LogP contribution in [0.3, 0.4) is 0 Å². The summed E-state index contributed by atoms with van der Waals surface area (Å²) in [5.74, 6) is 0.349. The van der Waals surface area contributed by atoms with Crippen molar-refractivity contribution in [3.8, 4) is 5.75 Å². The average molecular weight is 317 g/mol. The van der Waals surface area contributed by atoms with Crippen molar-refractivity contribution in [2.75, 3.05) is 20.2 Å². The summed E-state index contributed by atoms with van der Waals surface area (Å²) >= 11 is 0. The maximum atomic E-state index is 12.4. The van der Waals surface area contributed by atoms with Gasteiger partial charge in [-0.15, -0.1) is 0 Å². The molecule has 124 valence electrons. The number of carbonyl (C=O) groups excluding carboxylic acids is 1. The second-order valence-corrected chi connectivity index (χ2v) is 5.58. The lowest BCUT2D eigenvalue weighted by molar-refractivity contribution is 0.0789. The summed E-state index contributed by atoms with van der Waals surface area (Å²) in [6.07, 6.45) is 2.79. The monoisotopic (exact) mass is 317 g/mol. The molecule has 1 amide bonds. The van der Waals surface area contributed by atoms with E-state index in [1.165, 1.54) is 0 Å². The number of hydrogen-bond acceptors (Lipinski definition) is 4. The molecule has 0 fully saturated rings. The van der Waals surface area contributed by atoms with E-state index in [4.69, 9.17) is 9.15 Å². The predicted octanol–water partition coefficient (Wildman–Crippen LogP) is 3.45. The van der Waals surface area contributed by atoms with Crippen molar-refractivity contribution in [3.63, 3.8) is 0 Å². The van der Waals surface area contributed by atoms with E-state index in [1.807, 2.05) is 13.0 Å². The standard InChI is InChI=1S/C18H23NO4/c1-4-6-9-19(3)17(20)15-11-13-7-8-14(22-10-5-2)12-16(13)23-18(15)21/h7-8,11-12H,4-6,9-10H2,1-3H3. The molecule has 1 aromatic heterocycles. The zero-order chi connectivity index (χ0) is 16.8. The Bertz CT molecular complexity index is 735. The summed E-state index contributed by atoms with van der Waals surface area (Å²) in [6, 6.07) is 6.89. The normalized spacial score (nSPS) is 10.7. The first-order chi connectivity index (χ1) is 11.1. The highest BCUT2D eigenvalue weighted by atomic mass is 16.5. The summed E-state index contributed by atoms with van der Waals surface area (Å²) in [5, 5.41) is 0.709. The van der Waals surface area contributed by atoms with E-state index in [2.05, 4.69) is 6.92 Å². The van der Waals surface area contributed by atoms with Gasteiger partial charge in [0.05, 0.1) is 6.61 Å². The molecule has 5 heteroatoms. The summed E-state index contributed by atoms with van der Waals surface area (Å²) in [6.45, 7) is 5.31. The minimum Gasteiger partial charge on any atom is -0.493 e. The van der Waals surface area contributed by atoms with Gasteiger partial charge in [-0.3, -0.25) is 4.79 Å². The Morgan fingerprint density at radius 2 is 2.00 bits per heavy atom. The lowest BCUT2D eigenvalue weighted by Gasteiger charge is -2.16. The van der Waals surface area contributed by atoms with Crippen LogP contribution < -0.4 is 10.4 Å². The van der Waals surface area contributed by atoms with E-state index in [1.54, 1.807) is 30.1 Å². The van der Waals surface area contributed by atoms with Crippen LogP contribution in [0.15, 0.2) is 33.5 Å². The molecule has 0 aliphatic rings. The minimum atomic E-state index is -0.613. The third-order valence-corrected chi connectivity index (χ3v) is 3.60. The number of carbonyl (C=O) groups is 1. The first kappa shape index (κ1) is 17.1. The highest BCUT2D eigenvalue weighted by molar-refractivity contribution is 5.96. The van der Waals surface area contributed by atoms with E-state index in [-0.39, 0.29) is 11.5 Å². The van der Waals surface area contributed by atoms with E-state index in [0.29, 0.717) is 29.9 Å². The van der Waals surface area contributed by atoms with Gasteiger partial charge in [0.25, 0.3) is 5.91 Å². The molecule has 0 bridgehead atoms. The van der Waals surface area contributed by atoms with Crippen LogP contribution in [0.25, 0.3) is 11.0 Å². The second-order valence-electron chi connectivity index (χ2n) is 5.58. The van der Waals surface area contributed by atoms with Crippen molar-refractivity contribution in [3.05, 3.63) is 40.2 Å². The van der Waals surface area contributed by atoms with Gasteiger partial charge in [0.1, 0.15) is 16.9 Å². The fourth-order valence-electron chi connectivity index (χ4n) is 2.25. The van der Waals surface area contributed by atoms with Crippen LogP contribution in [0, 0.1) is 0 Å². The molecule has 1 aromatic carbocycles. The van der Waals surface area contributed by atoms with Gasteiger partial charge in [-0.05, 0) is 31.0 Å². The van der Waals surface area contributed by atoms with Crippen LogP contribution in [0.2, 0.25) is 0 Å². The van der Waals surface area contributed by atoms with Crippen LogP contribution in [0.4, 0.5) is 0 Å². The number of ether oxygens (including phenoxy) is 1. The van der Waals surface area contributed by atoms with Gasteiger partial charge in [0, 0.05) is 25.0 Å². The zero-order valence-electron chi connectivity index (χ0n) is 13.9. The first-order valence-electron chi connectivity index (χ1n) is 8.03. The van der Waals surface area contributed by atoms with Gasteiger partial charge < -0.3 is 14.1 Å². The van der Waals surface area contributed by atoms with Crippen LogP contribution in [-0.4, -0.2) is 31.0 Å². The van der Waals surface area contributed by atoms with E-state index >= 15 is 0 Å². The van der Waals surface area contributed by atoms with Crippen molar-refractivity contribution in [2.45, 2.75) is 33.1 Å². The van der Waals surface area contributed by atoms with Gasteiger partial charge >= 0.3 is 5.63 Å². The number of benzene rings is 1. The van der Waals surface area contributed by atoms with Crippen molar-refractivity contribution >= 4 is 16.9 Å². The lowest BCUT2D eigenvalue weighted by Crippen LogP contribution is -2.31. The molecule has 1 heterocycles. The Labute approximate surface area is 135 Å². The minimum absolute atomic E-state index is 0.0679. The molecular formula is C18H23NO4. The average Bonchev–Trinajstić information content (AvgIpc) is 2.56. The lowest BCUT2D eigenvalue weighted by atomic mass is 10.1. The van der Waals surface area contributed by atoms with Crippen LogP contribution in [0.5, 0.6) is 5.75 Å². The van der Waals surface area contributed by atoms with Gasteiger partial charge in [-0.25, -0.2) is 4.79 Å². The second kappa shape index (κ2) is 7.81. The summed E-state index contributed by atoms with van der Waals surface area (Å²) in [4.78, 5) is 26.0. The Kier molecular flexibility index (Phi) is 5.79. The molecule has 5 nitrogen and oxygen atoms in total. The topological polar surface area (TPSA) is 59.8 Å². The van der Waals surface area contributed by atoms with Crippen molar-refractivity contribution in [2.24, 2.45) is 0 Å². The molecule has 0 atom stereocenters. The predicted molar refractivity (Wildman–Crippen MR) is 90.1 cm³/mol. The number of rotatable bonds is 7. The molecular weight excluding hydrogens is 294 g/mol. The molecule has 0 unspecified atom stereocenters. The largest absolute Gasteiger partial charge is 0.493 e. The summed E-state index contributed by atoms with van der Waals surface area (Å²) < 4.78 is 10.8. The fraction of sp³-hybridized carbons (Fsp3) is 0.444. The smallest absolute Gasteiger partial charge is 0.349 e. The Morgan fingerprint density at radius 3 is 2.70 bits per heavy atom. The summed E-state index contributed by atoms with van der Waals surface area (Å²) in [7, 11) is 1.70. The third-order valence-electron chi connectivity index (χ3n) is 3.60. The molecule has 0 aliphatic carbocycles. The molecule has 23 heavy (non-hydrogen) atoms. The van der Waals surface area contributed by atoms with Crippen LogP contribution in [-0.2, 0) is 0 Å². The maximum absolute atomic E-state index is 12.4. The number of amides is 1.